The second-order valence-electron chi connectivity index (χ2n) is 6.36. The van der Waals surface area contributed by atoms with E-state index >= 15 is 0 Å². The van der Waals surface area contributed by atoms with Crippen LogP contribution in [0.2, 0.25) is 0 Å². The van der Waals surface area contributed by atoms with Crippen molar-refractivity contribution in [2.45, 2.75) is 19.4 Å². The quantitative estimate of drug-likeness (QED) is 0.756. The van der Waals surface area contributed by atoms with Gasteiger partial charge in [0.15, 0.2) is 6.61 Å². The van der Waals surface area contributed by atoms with E-state index in [0.29, 0.717) is 18.9 Å². The van der Waals surface area contributed by atoms with Crippen LogP contribution in [0.1, 0.15) is 13.3 Å². The Morgan fingerprint density at radius 1 is 1.04 bits per heavy atom. The van der Waals surface area contributed by atoms with E-state index in [1.54, 1.807) is 36.3 Å². The smallest absolute Gasteiger partial charge is 0.258 e. The van der Waals surface area contributed by atoms with Gasteiger partial charge in [-0.15, -0.1) is 0 Å². The van der Waals surface area contributed by atoms with Crippen LogP contribution in [0.5, 0.6) is 17.2 Å². The topological polar surface area (TPSA) is 77.1 Å². The SMILES string of the molecule is CCOc1ccc(N2C[C@@H](NC(=O)COc3ccc(OC)cc3)CC2=O)cc1. The van der Waals surface area contributed by atoms with Gasteiger partial charge < -0.3 is 24.4 Å². The predicted molar refractivity (Wildman–Crippen MR) is 105 cm³/mol. The van der Waals surface area contributed by atoms with Gasteiger partial charge in [-0.2, -0.15) is 0 Å². The molecule has 7 heteroatoms. The van der Waals surface area contributed by atoms with Crippen LogP contribution >= 0.6 is 0 Å². The lowest BCUT2D eigenvalue weighted by Crippen LogP contribution is -2.39. The Balaban J connectivity index is 1.49. The highest BCUT2D eigenvalue weighted by Gasteiger charge is 2.31. The molecule has 0 aliphatic carbocycles. The number of hydrogen-bond acceptors (Lipinski definition) is 5. The first-order valence-electron chi connectivity index (χ1n) is 9.18. The second-order valence-corrected chi connectivity index (χ2v) is 6.36. The summed E-state index contributed by atoms with van der Waals surface area (Å²) in [5, 5.41) is 2.86. The molecule has 0 unspecified atom stereocenters. The molecule has 2 aromatic rings. The van der Waals surface area contributed by atoms with Crippen molar-refractivity contribution in [2.75, 3.05) is 31.8 Å². The molecule has 1 N–H and O–H groups in total. The summed E-state index contributed by atoms with van der Waals surface area (Å²) in [5.41, 5.74) is 0.791. The number of nitrogens with zero attached hydrogens (tertiary/aromatic N) is 1. The van der Waals surface area contributed by atoms with Crippen molar-refractivity contribution < 1.29 is 23.8 Å². The first kappa shape index (κ1) is 19.5. The maximum atomic E-state index is 12.3. The summed E-state index contributed by atoms with van der Waals surface area (Å²) in [6.07, 6.45) is 0.265. The molecule has 1 aliphatic heterocycles. The number of hydrogen-bond donors (Lipinski definition) is 1. The average molecular weight is 384 g/mol. The Morgan fingerprint density at radius 2 is 1.64 bits per heavy atom. The fourth-order valence-corrected chi connectivity index (χ4v) is 3.03. The van der Waals surface area contributed by atoms with Gasteiger partial charge in [0.1, 0.15) is 17.2 Å². The van der Waals surface area contributed by atoms with Crippen LogP contribution in [0.3, 0.4) is 0 Å². The van der Waals surface area contributed by atoms with Gasteiger partial charge in [0.25, 0.3) is 5.91 Å². The molecule has 1 saturated heterocycles. The average Bonchev–Trinajstić information content (AvgIpc) is 3.07. The van der Waals surface area contributed by atoms with Crippen molar-refractivity contribution in [1.29, 1.82) is 0 Å². The third-order valence-corrected chi connectivity index (χ3v) is 4.38. The lowest BCUT2D eigenvalue weighted by molar-refractivity contribution is -0.123. The van der Waals surface area contributed by atoms with Crippen molar-refractivity contribution in [2.24, 2.45) is 0 Å². The molecule has 1 heterocycles. The molecule has 1 atom stereocenters. The molecule has 0 spiro atoms. The zero-order chi connectivity index (χ0) is 19.9. The monoisotopic (exact) mass is 384 g/mol. The molecule has 7 nitrogen and oxygen atoms in total. The van der Waals surface area contributed by atoms with Gasteiger partial charge >= 0.3 is 0 Å². The van der Waals surface area contributed by atoms with Crippen LogP contribution in [-0.2, 0) is 9.59 Å². The summed E-state index contributed by atoms with van der Waals surface area (Å²) in [6, 6.07) is 14.1. The molecule has 0 aromatic heterocycles. The van der Waals surface area contributed by atoms with Crippen LogP contribution in [0, 0.1) is 0 Å². The van der Waals surface area contributed by atoms with Gasteiger partial charge in [-0.05, 0) is 55.5 Å². The zero-order valence-corrected chi connectivity index (χ0v) is 16.0. The molecular formula is C21H24N2O5. The third kappa shape index (κ3) is 4.94. The van der Waals surface area contributed by atoms with Gasteiger partial charge in [-0.1, -0.05) is 0 Å². The highest BCUT2D eigenvalue weighted by Crippen LogP contribution is 2.24. The first-order chi connectivity index (χ1) is 13.6. The van der Waals surface area contributed by atoms with Crippen molar-refractivity contribution in [3.05, 3.63) is 48.5 Å². The van der Waals surface area contributed by atoms with E-state index in [1.807, 2.05) is 31.2 Å². The van der Waals surface area contributed by atoms with E-state index in [9.17, 15) is 9.59 Å². The Labute approximate surface area is 164 Å². The van der Waals surface area contributed by atoms with E-state index in [-0.39, 0.29) is 30.9 Å². The van der Waals surface area contributed by atoms with Crippen LogP contribution in [0.25, 0.3) is 0 Å². The molecule has 148 valence electrons. The number of nitrogens with one attached hydrogen (secondary N) is 1. The number of rotatable bonds is 8. The number of amides is 2. The third-order valence-electron chi connectivity index (χ3n) is 4.38. The lowest BCUT2D eigenvalue weighted by atomic mass is 10.2. The second kappa shape index (κ2) is 9.12. The van der Waals surface area contributed by atoms with Crippen molar-refractivity contribution >= 4 is 17.5 Å². The lowest BCUT2D eigenvalue weighted by Gasteiger charge is -2.18. The van der Waals surface area contributed by atoms with E-state index in [2.05, 4.69) is 5.32 Å². The molecule has 1 fully saturated rings. The van der Waals surface area contributed by atoms with Crippen molar-refractivity contribution in [3.8, 4) is 17.2 Å². The largest absolute Gasteiger partial charge is 0.497 e. The number of carbonyl (C=O) groups is 2. The zero-order valence-electron chi connectivity index (χ0n) is 16.0. The number of anilines is 1. The molecule has 0 saturated carbocycles. The molecule has 0 bridgehead atoms. The molecule has 3 rings (SSSR count). The number of carbonyl (C=O) groups excluding carboxylic acids is 2. The van der Waals surface area contributed by atoms with Crippen LogP contribution in [-0.4, -0.2) is 44.7 Å². The minimum Gasteiger partial charge on any atom is -0.497 e. The fraction of sp³-hybridized carbons (Fsp3) is 0.333. The van der Waals surface area contributed by atoms with Crippen molar-refractivity contribution in [1.82, 2.24) is 5.32 Å². The summed E-state index contributed by atoms with van der Waals surface area (Å²) in [5.74, 6) is 1.77. The molecule has 28 heavy (non-hydrogen) atoms. The molecule has 2 aromatic carbocycles. The van der Waals surface area contributed by atoms with Gasteiger partial charge in [0.05, 0.1) is 19.8 Å². The Morgan fingerprint density at radius 3 is 2.29 bits per heavy atom. The summed E-state index contributed by atoms with van der Waals surface area (Å²) in [7, 11) is 1.59. The van der Waals surface area contributed by atoms with Crippen molar-refractivity contribution in [3.63, 3.8) is 0 Å². The van der Waals surface area contributed by atoms with Gasteiger partial charge in [-0.3, -0.25) is 9.59 Å². The standard InChI is InChI=1S/C21H24N2O5/c1-3-27-18-6-4-16(5-7-18)23-13-15(12-21(23)25)22-20(24)14-28-19-10-8-17(26-2)9-11-19/h4-11,15H,3,12-14H2,1-2H3,(H,22,24)/t15-/m0/s1. The molecule has 0 radical (unpaired) electrons. The minimum atomic E-state index is -0.262. The number of methoxy groups -OCH3 is 1. The summed E-state index contributed by atoms with van der Waals surface area (Å²) < 4.78 is 16.0. The minimum absolute atomic E-state index is 0.0227. The van der Waals surface area contributed by atoms with Gasteiger partial charge in [-0.25, -0.2) is 0 Å². The van der Waals surface area contributed by atoms with E-state index in [1.165, 1.54) is 0 Å². The van der Waals surface area contributed by atoms with Gasteiger partial charge in [0.2, 0.25) is 5.91 Å². The number of ether oxygens (including phenoxy) is 3. The summed E-state index contributed by atoms with van der Waals surface area (Å²) in [6.45, 7) is 2.83. The number of benzene rings is 2. The highest BCUT2D eigenvalue weighted by atomic mass is 16.5. The Hall–Kier alpha value is -3.22. The highest BCUT2D eigenvalue weighted by molar-refractivity contribution is 5.97. The predicted octanol–water partition coefficient (Wildman–Crippen LogP) is 2.39. The molecule has 1 aliphatic rings. The summed E-state index contributed by atoms with van der Waals surface area (Å²) >= 11 is 0. The maximum absolute atomic E-state index is 12.3. The Kier molecular flexibility index (Phi) is 6.37. The molecular weight excluding hydrogens is 360 g/mol. The van der Waals surface area contributed by atoms with Gasteiger partial charge in [0, 0.05) is 18.7 Å². The van der Waals surface area contributed by atoms with E-state index < -0.39 is 0 Å². The molecule has 2 amide bonds. The van der Waals surface area contributed by atoms with Crippen LogP contribution in [0.4, 0.5) is 5.69 Å². The summed E-state index contributed by atoms with van der Waals surface area (Å²) in [4.78, 5) is 26.1. The fourth-order valence-electron chi connectivity index (χ4n) is 3.03. The van der Waals surface area contributed by atoms with Crippen LogP contribution in [0.15, 0.2) is 48.5 Å². The van der Waals surface area contributed by atoms with E-state index in [0.717, 1.165) is 17.2 Å². The first-order valence-corrected chi connectivity index (χ1v) is 9.18. The van der Waals surface area contributed by atoms with Crippen LogP contribution < -0.4 is 24.4 Å². The van der Waals surface area contributed by atoms with E-state index in [4.69, 9.17) is 14.2 Å². The normalized spacial score (nSPS) is 16.0. The Bertz CT molecular complexity index is 805. The maximum Gasteiger partial charge on any atom is 0.258 e.